The lowest BCUT2D eigenvalue weighted by Crippen LogP contribution is -2.28. The van der Waals surface area contributed by atoms with E-state index in [1.165, 1.54) is 18.2 Å². The summed E-state index contributed by atoms with van der Waals surface area (Å²) >= 11 is 0. The van der Waals surface area contributed by atoms with Gasteiger partial charge in [0, 0.05) is 12.1 Å². The number of amides is 1. The van der Waals surface area contributed by atoms with Gasteiger partial charge < -0.3 is 10.1 Å². The Morgan fingerprint density at radius 3 is 2.76 bits per heavy atom. The van der Waals surface area contributed by atoms with Gasteiger partial charge in [0.2, 0.25) is 0 Å². The zero-order valence-electron chi connectivity index (χ0n) is 10.4. The topological polar surface area (TPSA) is 38.3 Å². The highest BCUT2D eigenvalue weighted by Crippen LogP contribution is 2.08. The largest absolute Gasteiger partial charge is 0.377 e. The number of ether oxygens (including phenoxy) is 1. The molecule has 4 heteroatoms. The van der Waals surface area contributed by atoms with E-state index in [0.29, 0.717) is 24.3 Å². The molecular weight excluding hydrogens is 221 g/mol. The smallest absolute Gasteiger partial charge is 0.251 e. The second-order valence-corrected chi connectivity index (χ2v) is 4.14. The van der Waals surface area contributed by atoms with Crippen molar-refractivity contribution in [1.82, 2.24) is 5.32 Å². The van der Waals surface area contributed by atoms with Crippen molar-refractivity contribution in [2.45, 2.75) is 26.9 Å². The minimum atomic E-state index is -0.301. The van der Waals surface area contributed by atoms with E-state index < -0.39 is 0 Å². The monoisotopic (exact) mass is 239 g/mol. The fourth-order valence-corrected chi connectivity index (χ4v) is 1.35. The third kappa shape index (κ3) is 4.53. The highest BCUT2D eigenvalue weighted by molar-refractivity contribution is 5.94. The molecule has 3 nitrogen and oxygen atoms in total. The third-order valence-electron chi connectivity index (χ3n) is 2.26. The van der Waals surface area contributed by atoms with Crippen LogP contribution in [0.3, 0.4) is 0 Å². The molecular formula is C13H18FNO2. The second kappa shape index (κ2) is 6.35. The molecule has 0 fully saturated rings. The van der Waals surface area contributed by atoms with E-state index in [0.717, 1.165) is 0 Å². The number of rotatable bonds is 5. The lowest BCUT2D eigenvalue weighted by molar-refractivity contribution is 0.0746. The average Bonchev–Trinajstić information content (AvgIpc) is 2.27. The van der Waals surface area contributed by atoms with Gasteiger partial charge in [0.1, 0.15) is 5.82 Å². The zero-order chi connectivity index (χ0) is 12.8. The number of carbonyl (C=O) groups excluding carboxylic acids is 1. The highest BCUT2D eigenvalue weighted by Gasteiger charge is 2.07. The molecule has 1 rings (SSSR count). The number of carbonyl (C=O) groups is 1. The van der Waals surface area contributed by atoms with Gasteiger partial charge >= 0.3 is 0 Å². The fourth-order valence-electron chi connectivity index (χ4n) is 1.35. The summed E-state index contributed by atoms with van der Waals surface area (Å²) in [5.41, 5.74) is 0.935. The van der Waals surface area contributed by atoms with E-state index in [2.05, 4.69) is 5.32 Å². The standard InChI is InChI=1S/C13H18FNO2/c1-9(2)17-7-6-15-13(16)11-4-5-12(14)10(3)8-11/h4-5,8-9H,6-7H2,1-3H3,(H,15,16). The van der Waals surface area contributed by atoms with Gasteiger partial charge in [0.25, 0.3) is 5.91 Å². The fraction of sp³-hybridized carbons (Fsp3) is 0.462. The molecule has 1 aromatic carbocycles. The van der Waals surface area contributed by atoms with Crippen LogP contribution in [0.25, 0.3) is 0 Å². The van der Waals surface area contributed by atoms with Crippen LogP contribution in [0.4, 0.5) is 4.39 Å². The van der Waals surface area contributed by atoms with E-state index in [9.17, 15) is 9.18 Å². The molecule has 0 unspecified atom stereocenters. The number of hydrogen-bond donors (Lipinski definition) is 1. The van der Waals surface area contributed by atoms with Crippen molar-refractivity contribution in [2.24, 2.45) is 0 Å². The maximum atomic E-state index is 13.0. The zero-order valence-corrected chi connectivity index (χ0v) is 10.4. The van der Waals surface area contributed by atoms with Crippen LogP contribution in [0.15, 0.2) is 18.2 Å². The molecule has 0 aliphatic carbocycles. The van der Waals surface area contributed by atoms with Gasteiger partial charge in [-0.2, -0.15) is 0 Å². The van der Waals surface area contributed by atoms with Gasteiger partial charge in [0.15, 0.2) is 0 Å². The van der Waals surface area contributed by atoms with Gasteiger partial charge in [-0.25, -0.2) is 4.39 Å². The minimum Gasteiger partial charge on any atom is -0.377 e. The molecule has 1 aromatic rings. The first-order chi connectivity index (χ1) is 8.00. The predicted molar refractivity (Wildman–Crippen MR) is 64.6 cm³/mol. The summed E-state index contributed by atoms with van der Waals surface area (Å²) in [7, 11) is 0. The summed E-state index contributed by atoms with van der Waals surface area (Å²) in [6, 6.07) is 4.31. The highest BCUT2D eigenvalue weighted by atomic mass is 19.1. The van der Waals surface area contributed by atoms with Crippen molar-refractivity contribution in [3.05, 3.63) is 35.1 Å². The Bertz CT molecular complexity index is 391. The molecule has 0 aliphatic rings. The van der Waals surface area contributed by atoms with Crippen molar-refractivity contribution >= 4 is 5.91 Å². The summed E-state index contributed by atoms with van der Waals surface area (Å²) in [6.07, 6.45) is 0.153. The molecule has 17 heavy (non-hydrogen) atoms. The van der Waals surface area contributed by atoms with E-state index in [1.807, 2.05) is 13.8 Å². The molecule has 1 amide bonds. The molecule has 0 radical (unpaired) electrons. The molecule has 1 N–H and O–H groups in total. The Balaban J connectivity index is 2.44. The van der Waals surface area contributed by atoms with Crippen LogP contribution < -0.4 is 5.32 Å². The number of nitrogens with one attached hydrogen (secondary N) is 1. The molecule has 0 aromatic heterocycles. The first kappa shape index (κ1) is 13.6. The first-order valence-corrected chi connectivity index (χ1v) is 5.66. The Hall–Kier alpha value is -1.42. The first-order valence-electron chi connectivity index (χ1n) is 5.66. The molecule has 0 saturated carbocycles. The maximum absolute atomic E-state index is 13.0. The summed E-state index contributed by atoms with van der Waals surface area (Å²) in [5.74, 6) is -0.509. The van der Waals surface area contributed by atoms with Crippen LogP contribution in [-0.2, 0) is 4.74 Å². The Morgan fingerprint density at radius 1 is 1.47 bits per heavy atom. The van der Waals surface area contributed by atoms with Gasteiger partial charge in [-0.15, -0.1) is 0 Å². The summed E-state index contributed by atoms with van der Waals surface area (Å²) in [4.78, 5) is 11.7. The molecule has 0 spiro atoms. The van der Waals surface area contributed by atoms with Gasteiger partial charge in [0.05, 0.1) is 12.7 Å². The third-order valence-corrected chi connectivity index (χ3v) is 2.26. The lowest BCUT2D eigenvalue weighted by Gasteiger charge is -2.09. The molecule has 0 saturated heterocycles. The Morgan fingerprint density at radius 2 is 2.18 bits per heavy atom. The molecule has 94 valence electrons. The number of halogens is 1. The summed E-state index contributed by atoms with van der Waals surface area (Å²) in [6.45, 7) is 6.43. The van der Waals surface area contributed by atoms with Gasteiger partial charge in [-0.05, 0) is 44.5 Å². The Kier molecular flexibility index (Phi) is 5.10. The SMILES string of the molecule is Cc1cc(C(=O)NCCOC(C)C)ccc1F. The van der Waals surface area contributed by atoms with E-state index in [-0.39, 0.29) is 17.8 Å². The van der Waals surface area contributed by atoms with Crippen LogP contribution in [0.5, 0.6) is 0 Å². The number of hydrogen-bond acceptors (Lipinski definition) is 2. The normalized spacial score (nSPS) is 10.6. The van der Waals surface area contributed by atoms with E-state index in [1.54, 1.807) is 6.92 Å². The quantitative estimate of drug-likeness (QED) is 0.801. The van der Waals surface area contributed by atoms with Crippen LogP contribution >= 0.6 is 0 Å². The van der Waals surface area contributed by atoms with E-state index in [4.69, 9.17) is 4.74 Å². The van der Waals surface area contributed by atoms with E-state index >= 15 is 0 Å². The average molecular weight is 239 g/mol. The number of benzene rings is 1. The van der Waals surface area contributed by atoms with Crippen molar-refractivity contribution in [3.63, 3.8) is 0 Å². The van der Waals surface area contributed by atoms with Crippen LogP contribution in [-0.4, -0.2) is 25.2 Å². The van der Waals surface area contributed by atoms with Crippen molar-refractivity contribution in [1.29, 1.82) is 0 Å². The van der Waals surface area contributed by atoms with Crippen molar-refractivity contribution < 1.29 is 13.9 Å². The van der Waals surface area contributed by atoms with Gasteiger partial charge in [-0.3, -0.25) is 4.79 Å². The molecule has 0 atom stereocenters. The molecule has 0 heterocycles. The van der Waals surface area contributed by atoms with Crippen molar-refractivity contribution in [3.8, 4) is 0 Å². The summed E-state index contributed by atoms with van der Waals surface area (Å²) < 4.78 is 18.3. The molecule has 0 aliphatic heterocycles. The summed E-state index contributed by atoms with van der Waals surface area (Å²) in [5, 5.41) is 2.71. The Labute approximate surface area is 101 Å². The number of aryl methyl sites for hydroxylation is 1. The molecule has 0 bridgehead atoms. The second-order valence-electron chi connectivity index (χ2n) is 4.14. The van der Waals surface area contributed by atoms with Gasteiger partial charge in [-0.1, -0.05) is 0 Å². The van der Waals surface area contributed by atoms with Crippen LogP contribution in [0.1, 0.15) is 29.8 Å². The minimum absolute atomic E-state index is 0.153. The maximum Gasteiger partial charge on any atom is 0.251 e. The van der Waals surface area contributed by atoms with Crippen molar-refractivity contribution in [2.75, 3.05) is 13.2 Å². The van der Waals surface area contributed by atoms with Crippen LogP contribution in [0, 0.1) is 12.7 Å². The van der Waals surface area contributed by atoms with Crippen LogP contribution in [0.2, 0.25) is 0 Å². The predicted octanol–water partition coefficient (Wildman–Crippen LogP) is 2.29. The lowest BCUT2D eigenvalue weighted by atomic mass is 10.1.